The Morgan fingerprint density at radius 2 is 2.11 bits per heavy atom. The third kappa shape index (κ3) is 3.28. The molecule has 102 valence electrons. The Morgan fingerprint density at radius 3 is 2.84 bits per heavy atom. The average molecular weight is 296 g/mol. The average Bonchev–Trinajstić information content (AvgIpc) is 2.86. The smallest absolute Gasteiger partial charge is 0.255 e. The highest BCUT2D eigenvalue weighted by Gasteiger charge is 2.18. The minimum atomic E-state index is 0.103. The second-order valence-electron chi connectivity index (χ2n) is 4.48. The van der Waals surface area contributed by atoms with Crippen LogP contribution in [-0.2, 0) is 0 Å². The van der Waals surface area contributed by atoms with Crippen LogP contribution in [0, 0.1) is 0 Å². The van der Waals surface area contributed by atoms with E-state index in [-0.39, 0.29) is 5.91 Å². The van der Waals surface area contributed by atoms with Crippen molar-refractivity contribution < 1.29 is 4.79 Å². The highest BCUT2D eigenvalue weighted by molar-refractivity contribution is 7.17. The Kier molecular flexibility index (Phi) is 5.23. The predicted octanol–water partition coefficient (Wildman–Crippen LogP) is 4.38. The maximum atomic E-state index is 12.6. The molecule has 0 aliphatic carbocycles. The summed E-state index contributed by atoms with van der Waals surface area (Å²) in [5.41, 5.74) is 0.807. The van der Waals surface area contributed by atoms with Crippen molar-refractivity contribution in [3.05, 3.63) is 35.2 Å². The van der Waals surface area contributed by atoms with Gasteiger partial charge in [-0.15, -0.1) is 22.9 Å². The molecule has 0 saturated heterocycles. The molecular formula is C15H18ClNOS. The summed E-state index contributed by atoms with van der Waals surface area (Å²) in [4.78, 5) is 14.5. The largest absolute Gasteiger partial charge is 0.337 e. The third-order valence-electron chi connectivity index (χ3n) is 3.13. The number of thiophene rings is 1. The summed E-state index contributed by atoms with van der Waals surface area (Å²) in [6, 6.07) is 8.04. The lowest BCUT2D eigenvalue weighted by atomic mass is 10.1. The fourth-order valence-electron chi connectivity index (χ4n) is 2.08. The number of rotatable bonds is 6. The van der Waals surface area contributed by atoms with Gasteiger partial charge in [-0.3, -0.25) is 4.79 Å². The lowest BCUT2D eigenvalue weighted by Crippen LogP contribution is -2.33. The molecule has 0 radical (unpaired) electrons. The minimum absolute atomic E-state index is 0.103. The van der Waals surface area contributed by atoms with Crippen molar-refractivity contribution in [2.75, 3.05) is 19.0 Å². The van der Waals surface area contributed by atoms with Crippen LogP contribution in [0.2, 0.25) is 0 Å². The van der Waals surface area contributed by atoms with Crippen molar-refractivity contribution in [3.63, 3.8) is 0 Å². The molecule has 0 N–H and O–H groups in total. The quantitative estimate of drug-likeness (QED) is 0.724. The number of hydrogen-bond acceptors (Lipinski definition) is 2. The summed E-state index contributed by atoms with van der Waals surface area (Å²) >= 11 is 7.43. The molecule has 1 aromatic heterocycles. The van der Waals surface area contributed by atoms with Gasteiger partial charge in [0.1, 0.15) is 0 Å². The van der Waals surface area contributed by atoms with Gasteiger partial charge in [-0.2, -0.15) is 0 Å². The number of hydrogen-bond donors (Lipinski definition) is 0. The van der Waals surface area contributed by atoms with Crippen LogP contribution >= 0.6 is 22.9 Å². The SMILES string of the molecule is CCCCN(CCCl)C(=O)c1csc2ccccc12. The lowest BCUT2D eigenvalue weighted by molar-refractivity contribution is 0.0766. The maximum absolute atomic E-state index is 12.6. The summed E-state index contributed by atoms with van der Waals surface area (Å²) in [6.45, 7) is 3.53. The molecule has 0 spiro atoms. The Morgan fingerprint density at radius 1 is 1.32 bits per heavy atom. The summed E-state index contributed by atoms with van der Waals surface area (Å²) < 4.78 is 1.16. The molecule has 0 atom stereocenters. The van der Waals surface area contributed by atoms with Gasteiger partial charge < -0.3 is 4.90 Å². The number of nitrogens with zero attached hydrogens (tertiary/aromatic N) is 1. The molecule has 2 rings (SSSR count). The van der Waals surface area contributed by atoms with E-state index in [0.717, 1.165) is 35.0 Å². The molecular weight excluding hydrogens is 278 g/mol. The van der Waals surface area contributed by atoms with Crippen molar-refractivity contribution in [1.82, 2.24) is 4.90 Å². The molecule has 19 heavy (non-hydrogen) atoms. The van der Waals surface area contributed by atoms with Crippen LogP contribution in [-0.4, -0.2) is 29.8 Å². The minimum Gasteiger partial charge on any atom is -0.337 e. The van der Waals surface area contributed by atoms with E-state index >= 15 is 0 Å². The van der Waals surface area contributed by atoms with Crippen LogP contribution in [0.3, 0.4) is 0 Å². The normalized spacial score (nSPS) is 10.8. The van der Waals surface area contributed by atoms with E-state index in [2.05, 4.69) is 13.0 Å². The number of carbonyl (C=O) groups is 1. The Hall–Kier alpha value is -1.06. The van der Waals surface area contributed by atoms with Crippen LogP contribution in [0.15, 0.2) is 29.6 Å². The van der Waals surface area contributed by atoms with Crippen LogP contribution in [0.4, 0.5) is 0 Å². The Balaban J connectivity index is 2.25. The van der Waals surface area contributed by atoms with Gasteiger partial charge in [-0.25, -0.2) is 0 Å². The van der Waals surface area contributed by atoms with Gasteiger partial charge >= 0.3 is 0 Å². The summed E-state index contributed by atoms with van der Waals surface area (Å²) in [5, 5.41) is 3.01. The third-order valence-corrected chi connectivity index (χ3v) is 4.27. The Bertz CT molecular complexity index is 552. The summed E-state index contributed by atoms with van der Waals surface area (Å²) in [7, 11) is 0. The lowest BCUT2D eigenvalue weighted by Gasteiger charge is -2.21. The molecule has 0 unspecified atom stereocenters. The zero-order valence-electron chi connectivity index (χ0n) is 11.1. The van der Waals surface area contributed by atoms with Crippen molar-refractivity contribution in [1.29, 1.82) is 0 Å². The van der Waals surface area contributed by atoms with Crippen LogP contribution in [0.5, 0.6) is 0 Å². The molecule has 0 aliphatic heterocycles. The number of fused-ring (bicyclic) bond motifs is 1. The van der Waals surface area contributed by atoms with E-state index in [1.807, 2.05) is 28.5 Å². The molecule has 0 saturated carbocycles. The zero-order chi connectivity index (χ0) is 13.7. The standard InChI is InChI=1S/C15H18ClNOS/c1-2-3-9-17(10-8-16)15(18)13-11-19-14-7-5-4-6-12(13)14/h4-7,11H,2-3,8-10H2,1H3. The molecule has 0 aliphatic rings. The van der Waals surface area contributed by atoms with Crippen LogP contribution < -0.4 is 0 Å². The highest BCUT2D eigenvalue weighted by atomic mass is 35.5. The van der Waals surface area contributed by atoms with Gasteiger partial charge in [0.05, 0.1) is 5.56 Å². The van der Waals surface area contributed by atoms with Gasteiger partial charge in [0.15, 0.2) is 0 Å². The van der Waals surface area contributed by atoms with E-state index in [9.17, 15) is 4.79 Å². The zero-order valence-corrected chi connectivity index (χ0v) is 12.6. The van der Waals surface area contributed by atoms with Gasteiger partial charge in [0.25, 0.3) is 5.91 Å². The number of carbonyl (C=O) groups excluding carboxylic acids is 1. The summed E-state index contributed by atoms with van der Waals surface area (Å²) in [6.07, 6.45) is 2.10. The van der Waals surface area contributed by atoms with E-state index < -0.39 is 0 Å². The molecule has 0 fully saturated rings. The second kappa shape index (κ2) is 6.92. The van der Waals surface area contributed by atoms with Gasteiger partial charge in [-0.1, -0.05) is 31.5 Å². The van der Waals surface area contributed by atoms with Crippen molar-refractivity contribution in [2.24, 2.45) is 0 Å². The van der Waals surface area contributed by atoms with Crippen molar-refractivity contribution in [2.45, 2.75) is 19.8 Å². The number of alkyl halides is 1. The molecule has 4 heteroatoms. The van der Waals surface area contributed by atoms with Crippen LogP contribution in [0.25, 0.3) is 10.1 Å². The van der Waals surface area contributed by atoms with Crippen molar-refractivity contribution >= 4 is 38.9 Å². The van der Waals surface area contributed by atoms with Crippen molar-refractivity contribution in [3.8, 4) is 0 Å². The molecule has 0 bridgehead atoms. The second-order valence-corrected chi connectivity index (χ2v) is 5.77. The van der Waals surface area contributed by atoms with E-state index in [1.54, 1.807) is 11.3 Å². The molecule has 2 nitrogen and oxygen atoms in total. The van der Waals surface area contributed by atoms with E-state index in [1.165, 1.54) is 0 Å². The number of benzene rings is 1. The van der Waals surface area contributed by atoms with E-state index in [4.69, 9.17) is 11.6 Å². The molecule has 1 amide bonds. The first-order chi connectivity index (χ1) is 9.27. The fourth-order valence-corrected chi connectivity index (χ4v) is 3.22. The number of unbranched alkanes of at least 4 members (excludes halogenated alkanes) is 1. The number of halogens is 1. The topological polar surface area (TPSA) is 20.3 Å². The Labute approximate surface area is 123 Å². The molecule has 1 heterocycles. The monoisotopic (exact) mass is 295 g/mol. The van der Waals surface area contributed by atoms with E-state index in [0.29, 0.717) is 12.4 Å². The van der Waals surface area contributed by atoms with Gasteiger partial charge in [-0.05, 0) is 12.5 Å². The number of amides is 1. The highest BCUT2D eigenvalue weighted by Crippen LogP contribution is 2.26. The predicted molar refractivity (Wildman–Crippen MR) is 83.4 cm³/mol. The first-order valence-corrected chi connectivity index (χ1v) is 8.00. The first kappa shape index (κ1) is 14.4. The first-order valence-electron chi connectivity index (χ1n) is 6.59. The van der Waals surface area contributed by atoms with Crippen LogP contribution in [0.1, 0.15) is 30.1 Å². The molecule has 1 aromatic carbocycles. The summed E-state index contributed by atoms with van der Waals surface area (Å²) in [5.74, 6) is 0.587. The maximum Gasteiger partial charge on any atom is 0.255 e. The fraction of sp³-hybridized carbons (Fsp3) is 0.400. The molecule has 2 aromatic rings. The van der Waals surface area contributed by atoms with Gasteiger partial charge in [0, 0.05) is 34.4 Å². The van der Waals surface area contributed by atoms with Gasteiger partial charge in [0.2, 0.25) is 0 Å².